The predicted octanol–water partition coefficient (Wildman–Crippen LogP) is 4.87. The summed E-state index contributed by atoms with van der Waals surface area (Å²) < 4.78 is 0. The van der Waals surface area contributed by atoms with Gasteiger partial charge in [-0.3, -0.25) is 4.79 Å². The van der Waals surface area contributed by atoms with Crippen molar-refractivity contribution in [3.8, 4) is 6.07 Å². The Bertz CT molecular complexity index is 834. The largest absolute Gasteiger partial charge is 0.320 e. The molecule has 0 bridgehead atoms. The average molecular weight is 364 g/mol. The molecular formula is C16H11Cl2N3OS. The van der Waals surface area contributed by atoms with E-state index in [4.69, 9.17) is 23.2 Å². The van der Waals surface area contributed by atoms with Crippen LogP contribution in [0.25, 0.3) is 6.08 Å². The van der Waals surface area contributed by atoms with Crippen molar-refractivity contribution in [3.05, 3.63) is 49.9 Å². The van der Waals surface area contributed by atoms with Crippen molar-refractivity contribution in [2.75, 3.05) is 5.32 Å². The summed E-state index contributed by atoms with van der Waals surface area (Å²) in [6.45, 7) is 0. The molecule has 1 aliphatic rings. The van der Waals surface area contributed by atoms with Gasteiger partial charge in [-0.15, -0.1) is 11.3 Å². The molecule has 1 saturated carbocycles. The van der Waals surface area contributed by atoms with Crippen LogP contribution in [0.2, 0.25) is 10.0 Å². The quantitative estimate of drug-likeness (QED) is 0.622. The molecule has 0 unspecified atom stereocenters. The lowest BCUT2D eigenvalue weighted by atomic mass is 10.2. The van der Waals surface area contributed by atoms with Crippen molar-refractivity contribution in [1.29, 1.82) is 5.26 Å². The van der Waals surface area contributed by atoms with Crippen molar-refractivity contribution in [2.45, 2.75) is 18.8 Å². The molecule has 1 heterocycles. The topological polar surface area (TPSA) is 65.8 Å². The summed E-state index contributed by atoms with van der Waals surface area (Å²) >= 11 is 13.4. The summed E-state index contributed by atoms with van der Waals surface area (Å²) in [5.74, 6) is 0.00409. The van der Waals surface area contributed by atoms with E-state index in [9.17, 15) is 10.1 Å². The Balaban J connectivity index is 1.79. The van der Waals surface area contributed by atoms with Crippen molar-refractivity contribution in [1.82, 2.24) is 4.98 Å². The second-order valence-corrected chi connectivity index (χ2v) is 6.87. The highest BCUT2D eigenvalue weighted by Crippen LogP contribution is 2.41. The highest BCUT2D eigenvalue weighted by molar-refractivity contribution is 7.09. The van der Waals surface area contributed by atoms with Crippen molar-refractivity contribution < 1.29 is 4.79 Å². The molecule has 3 rings (SSSR count). The molecule has 1 amide bonds. The number of rotatable bonds is 4. The van der Waals surface area contributed by atoms with Gasteiger partial charge in [0.05, 0.1) is 21.4 Å². The number of nitriles is 1. The van der Waals surface area contributed by atoms with Crippen LogP contribution in [0, 0.1) is 11.3 Å². The predicted molar refractivity (Wildman–Crippen MR) is 92.8 cm³/mol. The maximum absolute atomic E-state index is 12.2. The van der Waals surface area contributed by atoms with E-state index in [-0.39, 0.29) is 5.57 Å². The number of nitrogens with one attached hydrogen (secondary N) is 1. The second kappa shape index (κ2) is 6.71. The van der Waals surface area contributed by atoms with Crippen LogP contribution in [-0.2, 0) is 4.79 Å². The second-order valence-electron chi connectivity index (χ2n) is 5.13. The fraction of sp³-hybridized carbons (Fsp3) is 0.188. The lowest BCUT2D eigenvalue weighted by Gasteiger charge is -2.06. The van der Waals surface area contributed by atoms with Crippen LogP contribution in [0.4, 0.5) is 5.69 Å². The van der Waals surface area contributed by atoms with E-state index in [0.717, 1.165) is 17.8 Å². The third kappa shape index (κ3) is 3.91. The minimum Gasteiger partial charge on any atom is -0.320 e. The summed E-state index contributed by atoms with van der Waals surface area (Å²) in [4.78, 5) is 16.7. The number of amides is 1. The first-order valence-corrected chi connectivity index (χ1v) is 8.54. The van der Waals surface area contributed by atoms with E-state index in [1.54, 1.807) is 23.5 Å². The minimum atomic E-state index is -0.544. The normalized spacial score (nSPS) is 14.4. The summed E-state index contributed by atoms with van der Waals surface area (Å²) in [7, 11) is 0. The molecular weight excluding hydrogens is 353 g/mol. The van der Waals surface area contributed by atoms with Gasteiger partial charge in [-0.1, -0.05) is 23.2 Å². The molecule has 0 spiro atoms. The zero-order valence-corrected chi connectivity index (χ0v) is 14.2. The summed E-state index contributed by atoms with van der Waals surface area (Å²) in [6.07, 6.45) is 3.81. The number of halogens is 2. The number of benzene rings is 1. The number of hydrogen-bond donors (Lipinski definition) is 1. The molecule has 1 fully saturated rings. The van der Waals surface area contributed by atoms with Gasteiger partial charge in [0, 0.05) is 16.3 Å². The zero-order chi connectivity index (χ0) is 16.4. The highest BCUT2D eigenvalue weighted by atomic mass is 35.5. The Morgan fingerprint density at radius 2 is 2.22 bits per heavy atom. The molecule has 1 N–H and O–H groups in total. The van der Waals surface area contributed by atoms with Crippen molar-refractivity contribution in [3.63, 3.8) is 0 Å². The van der Waals surface area contributed by atoms with Gasteiger partial charge >= 0.3 is 0 Å². The van der Waals surface area contributed by atoms with Gasteiger partial charge in [0.1, 0.15) is 11.6 Å². The van der Waals surface area contributed by atoms with Gasteiger partial charge in [0.2, 0.25) is 0 Å². The maximum Gasteiger partial charge on any atom is 0.266 e. The standard InChI is InChI=1S/C16H11Cl2N3OS/c17-11-3-4-13(18)14(6-11)21-15(22)10(7-19)5-12-8-23-16(20-12)9-1-2-9/h3-6,8-9H,1-2H2,(H,21,22). The van der Waals surface area contributed by atoms with Gasteiger partial charge in [-0.25, -0.2) is 4.98 Å². The summed E-state index contributed by atoms with van der Waals surface area (Å²) in [5.41, 5.74) is 0.955. The van der Waals surface area contributed by atoms with Crippen LogP contribution in [-0.4, -0.2) is 10.9 Å². The molecule has 0 saturated heterocycles. The number of nitrogens with zero attached hydrogens (tertiary/aromatic N) is 2. The van der Waals surface area contributed by atoms with Gasteiger partial charge in [0.25, 0.3) is 5.91 Å². The fourth-order valence-electron chi connectivity index (χ4n) is 1.96. The number of hydrogen-bond acceptors (Lipinski definition) is 4. The maximum atomic E-state index is 12.2. The van der Waals surface area contributed by atoms with Crippen LogP contribution in [0.15, 0.2) is 29.2 Å². The van der Waals surface area contributed by atoms with E-state index in [2.05, 4.69) is 10.3 Å². The SMILES string of the molecule is N#CC(=Cc1csc(C2CC2)n1)C(=O)Nc1cc(Cl)ccc1Cl. The van der Waals surface area contributed by atoms with E-state index in [1.807, 2.05) is 11.4 Å². The van der Waals surface area contributed by atoms with Crippen LogP contribution >= 0.6 is 34.5 Å². The van der Waals surface area contributed by atoms with E-state index in [1.165, 1.54) is 12.1 Å². The summed E-state index contributed by atoms with van der Waals surface area (Å²) in [6, 6.07) is 6.63. The Morgan fingerprint density at radius 1 is 1.43 bits per heavy atom. The zero-order valence-electron chi connectivity index (χ0n) is 11.8. The number of anilines is 1. The molecule has 116 valence electrons. The van der Waals surface area contributed by atoms with Crippen LogP contribution in [0.1, 0.15) is 29.5 Å². The molecule has 0 radical (unpaired) electrons. The summed E-state index contributed by atoms with van der Waals surface area (Å²) in [5, 5.41) is 15.5. The first-order chi connectivity index (χ1) is 11.1. The number of aromatic nitrogens is 1. The fourth-order valence-corrected chi connectivity index (χ4v) is 3.25. The highest BCUT2D eigenvalue weighted by Gasteiger charge is 2.26. The minimum absolute atomic E-state index is 0.0336. The molecule has 23 heavy (non-hydrogen) atoms. The van der Waals surface area contributed by atoms with Crippen LogP contribution < -0.4 is 5.32 Å². The number of carbonyl (C=O) groups excluding carboxylic acids is 1. The van der Waals surface area contributed by atoms with E-state index in [0.29, 0.717) is 27.3 Å². The smallest absolute Gasteiger partial charge is 0.266 e. The molecule has 0 atom stereocenters. The van der Waals surface area contributed by atoms with E-state index < -0.39 is 5.91 Å². The molecule has 7 heteroatoms. The van der Waals surface area contributed by atoms with Gasteiger partial charge in [0.15, 0.2) is 0 Å². The van der Waals surface area contributed by atoms with Crippen LogP contribution in [0.5, 0.6) is 0 Å². The molecule has 2 aromatic rings. The van der Waals surface area contributed by atoms with Gasteiger partial charge in [-0.05, 0) is 37.1 Å². The Kier molecular flexibility index (Phi) is 4.67. The first-order valence-electron chi connectivity index (χ1n) is 6.90. The third-order valence-electron chi connectivity index (χ3n) is 3.30. The molecule has 0 aliphatic heterocycles. The third-order valence-corrected chi connectivity index (χ3v) is 4.89. The Morgan fingerprint density at radius 3 is 2.91 bits per heavy atom. The van der Waals surface area contributed by atoms with Crippen molar-refractivity contribution >= 4 is 52.2 Å². The first kappa shape index (κ1) is 16.0. The molecule has 4 nitrogen and oxygen atoms in total. The number of carbonyl (C=O) groups is 1. The molecule has 1 aliphatic carbocycles. The average Bonchev–Trinajstić information content (AvgIpc) is 3.28. The number of thiazole rings is 1. The van der Waals surface area contributed by atoms with Gasteiger partial charge in [-0.2, -0.15) is 5.26 Å². The van der Waals surface area contributed by atoms with Crippen molar-refractivity contribution in [2.24, 2.45) is 0 Å². The lowest BCUT2D eigenvalue weighted by Crippen LogP contribution is -2.13. The lowest BCUT2D eigenvalue weighted by molar-refractivity contribution is -0.112. The van der Waals surface area contributed by atoms with Gasteiger partial charge < -0.3 is 5.32 Å². The Hall–Kier alpha value is -1.87. The molecule has 1 aromatic heterocycles. The Labute approximate surface area is 147 Å². The molecule has 1 aromatic carbocycles. The van der Waals surface area contributed by atoms with E-state index >= 15 is 0 Å². The monoisotopic (exact) mass is 363 g/mol. The van der Waals surface area contributed by atoms with Crippen LogP contribution in [0.3, 0.4) is 0 Å².